The fourth-order valence-electron chi connectivity index (χ4n) is 3.35. The van der Waals surface area contributed by atoms with Crippen LogP contribution in [0.1, 0.15) is 47.4 Å². The molecule has 0 heterocycles. The predicted molar refractivity (Wildman–Crippen MR) is 85.0 cm³/mol. The van der Waals surface area contributed by atoms with Crippen LogP contribution in [-0.2, 0) is 12.8 Å². The number of hydrogen-bond acceptors (Lipinski definition) is 1. The smallest absolute Gasteiger partial charge is 0.0101 e. The van der Waals surface area contributed by atoms with Gasteiger partial charge in [-0.25, -0.2) is 0 Å². The van der Waals surface area contributed by atoms with Crippen LogP contribution in [0.25, 0.3) is 0 Å². The van der Waals surface area contributed by atoms with Gasteiger partial charge in [0.15, 0.2) is 0 Å². The molecule has 3 rings (SSSR count). The first kappa shape index (κ1) is 13.4. The monoisotopic (exact) mass is 265 g/mol. The van der Waals surface area contributed by atoms with Gasteiger partial charge < -0.3 is 5.73 Å². The van der Waals surface area contributed by atoms with E-state index in [1.807, 2.05) is 0 Å². The second kappa shape index (κ2) is 6.23. The summed E-state index contributed by atoms with van der Waals surface area (Å²) in [5.41, 5.74) is 11.8. The van der Waals surface area contributed by atoms with Crippen LogP contribution < -0.4 is 5.73 Å². The second-order valence-electron chi connectivity index (χ2n) is 5.78. The van der Waals surface area contributed by atoms with Gasteiger partial charge in [-0.15, -0.1) is 0 Å². The van der Waals surface area contributed by atoms with E-state index in [2.05, 4.69) is 48.5 Å². The molecule has 20 heavy (non-hydrogen) atoms. The van der Waals surface area contributed by atoms with Gasteiger partial charge in [0, 0.05) is 5.92 Å². The third kappa shape index (κ3) is 2.78. The summed E-state index contributed by atoms with van der Waals surface area (Å²) in [6, 6.07) is 17.9. The summed E-state index contributed by atoms with van der Waals surface area (Å²) >= 11 is 0. The average Bonchev–Trinajstić information content (AvgIpc) is 2.53. The summed E-state index contributed by atoms with van der Waals surface area (Å²) in [5.74, 6) is 0.438. The Hall–Kier alpha value is -1.60. The van der Waals surface area contributed by atoms with Crippen LogP contribution in [0.15, 0.2) is 48.5 Å². The minimum Gasteiger partial charge on any atom is -0.330 e. The van der Waals surface area contributed by atoms with Gasteiger partial charge in [-0.2, -0.15) is 0 Å². The summed E-state index contributed by atoms with van der Waals surface area (Å²) < 4.78 is 0. The van der Waals surface area contributed by atoms with Crippen LogP contribution in [0.3, 0.4) is 0 Å². The zero-order chi connectivity index (χ0) is 13.8. The normalized spacial score (nSPS) is 15.7. The van der Waals surface area contributed by atoms with Gasteiger partial charge in [0.25, 0.3) is 0 Å². The van der Waals surface area contributed by atoms with E-state index >= 15 is 0 Å². The molecule has 2 aromatic rings. The maximum atomic E-state index is 5.84. The molecule has 0 saturated heterocycles. The summed E-state index contributed by atoms with van der Waals surface area (Å²) in [7, 11) is 0. The summed E-state index contributed by atoms with van der Waals surface area (Å²) in [4.78, 5) is 0. The number of rotatable bonds is 4. The van der Waals surface area contributed by atoms with Gasteiger partial charge in [-0.3, -0.25) is 0 Å². The SMILES string of the molecule is NCCC(c1ccccc1)c1ccc2c(c1)CCCC2. The molecule has 0 radical (unpaired) electrons. The third-order valence-electron chi connectivity index (χ3n) is 4.43. The number of aryl methyl sites for hydroxylation is 2. The molecule has 0 aliphatic heterocycles. The van der Waals surface area contributed by atoms with Gasteiger partial charge in [0.2, 0.25) is 0 Å². The largest absolute Gasteiger partial charge is 0.330 e. The quantitative estimate of drug-likeness (QED) is 0.887. The molecule has 2 aromatic carbocycles. The van der Waals surface area contributed by atoms with E-state index in [1.165, 1.54) is 36.8 Å². The second-order valence-corrected chi connectivity index (χ2v) is 5.78. The van der Waals surface area contributed by atoms with E-state index in [9.17, 15) is 0 Å². The Morgan fingerprint density at radius 3 is 2.35 bits per heavy atom. The van der Waals surface area contributed by atoms with Crippen molar-refractivity contribution in [3.63, 3.8) is 0 Å². The fraction of sp³-hybridized carbons (Fsp3) is 0.368. The summed E-state index contributed by atoms with van der Waals surface area (Å²) in [5, 5.41) is 0. The molecule has 1 nitrogen and oxygen atoms in total. The van der Waals surface area contributed by atoms with E-state index < -0.39 is 0 Å². The highest BCUT2D eigenvalue weighted by molar-refractivity contribution is 5.39. The zero-order valence-corrected chi connectivity index (χ0v) is 12.0. The van der Waals surface area contributed by atoms with Crippen LogP contribution in [0, 0.1) is 0 Å². The zero-order valence-electron chi connectivity index (χ0n) is 12.0. The van der Waals surface area contributed by atoms with Gasteiger partial charge in [-0.1, -0.05) is 48.5 Å². The average molecular weight is 265 g/mol. The Morgan fingerprint density at radius 2 is 1.60 bits per heavy atom. The lowest BCUT2D eigenvalue weighted by atomic mass is 9.84. The molecule has 0 amide bonds. The summed E-state index contributed by atoms with van der Waals surface area (Å²) in [6.07, 6.45) is 6.19. The first-order valence-corrected chi connectivity index (χ1v) is 7.75. The molecular weight excluding hydrogens is 242 g/mol. The van der Waals surface area contributed by atoms with E-state index in [0.717, 1.165) is 13.0 Å². The van der Waals surface area contributed by atoms with Gasteiger partial charge >= 0.3 is 0 Å². The lowest BCUT2D eigenvalue weighted by Gasteiger charge is -2.21. The van der Waals surface area contributed by atoms with Crippen molar-refractivity contribution in [2.75, 3.05) is 6.54 Å². The highest BCUT2D eigenvalue weighted by atomic mass is 14.5. The Kier molecular flexibility index (Phi) is 4.17. The number of hydrogen-bond donors (Lipinski definition) is 1. The minimum absolute atomic E-state index is 0.438. The molecule has 0 aromatic heterocycles. The molecule has 1 heteroatoms. The maximum absolute atomic E-state index is 5.84. The molecule has 1 unspecified atom stereocenters. The molecule has 0 saturated carbocycles. The molecule has 0 bridgehead atoms. The van der Waals surface area contributed by atoms with E-state index in [0.29, 0.717) is 5.92 Å². The molecule has 1 aliphatic carbocycles. The Morgan fingerprint density at radius 1 is 0.850 bits per heavy atom. The summed E-state index contributed by atoms with van der Waals surface area (Å²) in [6.45, 7) is 0.733. The van der Waals surface area contributed by atoms with E-state index in [4.69, 9.17) is 5.73 Å². The van der Waals surface area contributed by atoms with Gasteiger partial charge in [0.05, 0.1) is 0 Å². The number of benzene rings is 2. The molecule has 104 valence electrons. The molecule has 1 atom stereocenters. The first-order valence-electron chi connectivity index (χ1n) is 7.75. The standard InChI is InChI=1S/C19H23N/c20-13-12-19(16-7-2-1-3-8-16)18-11-10-15-6-4-5-9-17(15)14-18/h1-3,7-8,10-11,14,19H,4-6,9,12-13,20H2. The lowest BCUT2D eigenvalue weighted by molar-refractivity contribution is 0.677. The predicted octanol–water partition coefficient (Wildman–Crippen LogP) is 4.05. The fourth-order valence-corrected chi connectivity index (χ4v) is 3.35. The molecule has 0 spiro atoms. The van der Waals surface area contributed by atoms with Crippen molar-refractivity contribution in [1.29, 1.82) is 0 Å². The van der Waals surface area contributed by atoms with Crippen molar-refractivity contribution >= 4 is 0 Å². The Labute approximate surface area is 121 Å². The Balaban J connectivity index is 1.95. The third-order valence-corrected chi connectivity index (χ3v) is 4.43. The molecule has 0 fully saturated rings. The van der Waals surface area contributed by atoms with Crippen LogP contribution >= 0.6 is 0 Å². The molecular formula is C19H23N. The van der Waals surface area contributed by atoms with Crippen molar-refractivity contribution in [3.8, 4) is 0 Å². The highest BCUT2D eigenvalue weighted by Crippen LogP contribution is 2.31. The number of fused-ring (bicyclic) bond motifs is 1. The number of nitrogens with two attached hydrogens (primary N) is 1. The van der Waals surface area contributed by atoms with Gasteiger partial charge in [0.1, 0.15) is 0 Å². The van der Waals surface area contributed by atoms with Crippen molar-refractivity contribution in [3.05, 3.63) is 70.8 Å². The van der Waals surface area contributed by atoms with Crippen molar-refractivity contribution in [1.82, 2.24) is 0 Å². The molecule has 2 N–H and O–H groups in total. The van der Waals surface area contributed by atoms with Gasteiger partial charge in [-0.05, 0) is 60.9 Å². The van der Waals surface area contributed by atoms with Crippen molar-refractivity contribution < 1.29 is 0 Å². The first-order chi connectivity index (χ1) is 9.88. The van der Waals surface area contributed by atoms with Crippen LogP contribution in [0.5, 0.6) is 0 Å². The topological polar surface area (TPSA) is 26.0 Å². The van der Waals surface area contributed by atoms with Crippen molar-refractivity contribution in [2.24, 2.45) is 5.73 Å². The highest BCUT2D eigenvalue weighted by Gasteiger charge is 2.16. The van der Waals surface area contributed by atoms with Crippen LogP contribution in [-0.4, -0.2) is 6.54 Å². The van der Waals surface area contributed by atoms with Crippen LogP contribution in [0.2, 0.25) is 0 Å². The van der Waals surface area contributed by atoms with E-state index in [-0.39, 0.29) is 0 Å². The van der Waals surface area contributed by atoms with E-state index in [1.54, 1.807) is 11.1 Å². The maximum Gasteiger partial charge on any atom is 0.0101 e. The lowest BCUT2D eigenvalue weighted by Crippen LogP contribution is -2.10. The minimum atomic E-state index is 0.438. The molecule has 1 aliphatic rings. The Bertz CT molecular complexity index is 559. The van der Waals surface area contributed by atoms with Crippen molar-refractivity contribution in [2.45, 2.75) is 38.0 Å². The van der Waals surface area contributed by atoms with Crippen LogP contribution in [0.4, 0.5) is 0 Å².